The maximum Gasteiger partial charge on any atom is 0.432 e. The minimum Gasteiger partial charge on any atom is -0.430 e. The standard InChI is InChI=1S/C7H5ClO.BH3O2/c8-7-3-1-6(5-9)2-4-7;2-1-3/h1-5H;1-3H. The zero-order valence-electron chi connectivity index (χ0n) is 6.27. The Hall–Kier alpha value is -0.835. The molecule has 2 N–H and O–H groups in total. The molecular formula is C7H8BClO3. The molecule has 1 aromatic carbocycles. The Morgan fingerprint density at radius 1 is 1.25 bits per heavy atom. The van der Waals surface area contributed by atoms with E-state index in [2.05, 4.69) is 0 Å². The molecule has 0 fully saturated rings. The normalized spacial score (nSPS) is 7.92. The number of hydrogen-bond acceptors (Lipinski definition) is 3. The molecule has 0 spiro atoms. The van der Waals surface area contributed by atoms with Crippen LogP contribution in [0.5, 0.6) is 0 Å². The van der Waals surface area contributed by atoms with Crippen molar-refractivity contribution in [3.63, 3.8) is 0 Å². The Kier molecular flexibility index (Phi) is 6.37. The van der Waals surface area contributed by atoms with Crippen molar-refractivity contribution in [1.82, 2.24) is 0 Å². The molecule has 0 saturated carbocycles. The van der Waals surface area contributed by atoms with E-state index in [4.69, 9.17) is 21.6 Å². The fraction of sp³-hybridized carbons (Fsp3) is 0. The molecule has 0 atom stereocenters. The third-order valence-electron chi connectivity index (χ3n) is 1.01. The summed E-state index contributed by atoms with van der Waals surface area (Å²) in [7, 11) is -0.750. The van der Waals surface area contributed by atoms with Crippen molar-refractivity contribution in [2.75, 3.05) is 0 Å². The Morgan fingerprint density at radius 3 is 2.00 bits per heavy atom. The number of aldehydes is 1. The summed E-state index contributed by atoms with van der Waals surface area (Å²) in [5.74, 6) is 0. The van der Waals surface area contributed by atoms with Crippen LogP contribution in [0.25, 0.3) is 0 Å². The third-order valence-corrected chi connectivity index (χ3v) is 1.26. The molecule has 1 rings (SSSR count). The van der Waals surface area contributed by atoms with Crippen molar-refractivity contribution < 1.29 is 14.8 Å². The lowest BCUT2D eigenvalue weighted by Crippen LogP contribution is -1.75. The van der Waals surface area contributed by atoms with Gasteiger partial charge in [0.25, 0.3) is 0 Å². The molecular weight excluding hydrogens is 178 g/mol. The van der Waals surface area contributed by atoms with Gasteiger partial charge in [0, 0.05) is 10.6 Å². The summed E-state index contributed by atoms with van der Waals surface area (Å²) in [5.41, 5.74) is 0.652. The first-order valence-electron chi connectivity index (χ1n) is 3.17. The first-order chi connectivity index (χ1) is 5.74. The second-order valence-electron chi connectivity index (χ2n) is 1.81. The van der Waals surface area contributed by atoms with Gasteiger partial charge in [-0.1, -0.05) is 23.7 Å². The maximum atomic E-state index is 10.1. The SMILES string of the molecule is O=Cc1ccc(Cl)cc1.OBO. The summed E-state index contributed by atoms with van der Waals surface area (Å²) in [6.45, 7) is 0. The van der Waals surface area contributed by atoms with Gasteiger partial charge in [0.2, 0.25) is 0 Å². The molecule has 1 aromatic rings. The quantitative estimate of drug-likeness (QED) is 0.493. The molecule has 0 saturated heterocycles. The molecule has 0 heterocycles. The Labute approximate surface area is 75.9 Å². The number of benzene rings is 1. The molecule has 0 aliphatic heterocycles. The van der Waals surface area contributed by atoms with E-state index < -0.39 is 7.69 Å². The van der Waals surface area contributed by atoms with Crippen LogP contribution in [0, 0.1) is 0 Å². The number of carbonyl (C=O) groups excluding carboxylic acids is 1. The monoisotopic (exact) mass is 186 g/mol. The molecule has 5 heteroatoms. The minimum absolute atomic E-state index is 0.652. The molecule has 0 unspecified atom stereocenters. The van der Waals surface area contributed by atoms with E-state index >= 15 is 0 Å². The smallest absolute Gasteiger partial charge is 0.430 e. The van der Waals surface area contributed by atoms with Crippen LogP contribution in [0.4, 0.5) is 0 Å². The summed E-state index contributed by atoms with van der Waals surface area (Å²) < 4.78 is 0. The van der Waals surface area contributed by atoms with E-state index in [1.54, 1.807) is 24.3 Å². The fourth-order valence-corrected chi connectivity index (χ4v) is 0.667. The maximum absolute atomic E-state index is 10.1. The lowest BCUT2D eigenvalue weighted by Gasteiger charge is -1.87. The van der Waals surface area contributed by atoms with Gasteiger partial charge in [0.1, 0.15) is 6.29 Å². The van der Waals surface area contributed by atoms with Crippen molar-refractivity contribution in [1.29, 1.82) is 0 Å². The largest absolute Gasteiger partial charge is 0.432 e. The van der Waals surface area contributed by atoms with Crippen LogP contribution in [-0.4, -0.2) is 24.0 Å². The predicted molar refractivity (Wildman–Crippen MR) is 48.4 cm³/mol. The van der Waals surface area contributed by atoms with Gasteiger partial charge >= 0.3 is 7.69 Å². The van der Waals surface area contributed by atoms with Gasteiger partial charge in [0.05, 0.1) is 0 Å². The highest BCUT2D eigenvalue weighted by Gasteiger charge is 1.86. The van der Waals surface area contributed by atoms with Crippen molar-refractivity contribution >= 4 is 25.6 Å². The highest BCUT2D eigenvalue weighted by molar-refractivity contribution is 6.30. The molecule has 0 aliphatic carbocycles. The van der Waals surface area contributed by atoms with Crippen LogP contribution < -0.4 is 0 Å². The molecule has 64 valence electrons. The molecule has 3 nitrogen and oxygen atoms in total. The predicted octanol–water partition coefficient (Wildman–Crippen LogP) is 0.390. The molecule has 0 amide bonds. The van der Waals surface area contributed by atoms with Gasteiger partial charge in [-0.05, 0) is 12.1 Å². The van der Waals surface area contributed by atoms with E-state index in [9.17, 15) is 4.79 Å². The van der Waals surface area contributed by atoms with Gasteiger partial charge < -0.3 is 10.0 Å². The second-order valence-corrected chi connectivity index (χ2v) is 2.25. The van der Waals surface area contributed by atoms with E-state index in [-0.39, 0.29) is 0 Å². The zero-order valence-corrected chi connectivity index (χ0v) is 7.03. The molecule has 0 aromatic heterocycles. The summed E-state index contributed by atoms with van der Waals surface area (Å²) in [6, 6.07) is 6.72. The van der Waals surface area contributed by atoms with Crippen LogP contribution in [0.15, 0.2) is 24.3 Å². The number of rotatable bonds is 1. The summed E-state index contributed by atoms with van der Waals surface area (Å²) in [6.07, 6.45) is 0.788. The topological polar surface area (TPSA) is 57.5 Å². The summed E-state index contributed by atoms with van der Waals surface area (Å²) >= 11 is 5.55. The van der Waals surface area contributed by atoms with Crippen LogP contribution in [-0.2, 0) is 0 Å². The van der Waals surface area contributed by atoms with Crippen LogP contribution in [0.1, 0.15) is 10.4 Å². The molecule has 0 bridgehead atoms. The van der Waals surface area contributed by atoms with Crippen LogP contribution in [0.3, 0.4) is 0 Å². The van der Waals surface area contributed by atoms with E-state index in [0.29, 0.717) is 10.6 Å². The molecule has 12 heavy (non-hydrogen) atoms. The zero-order chi connectivity index (χ0) is 9.40. The molecule has 0 radical (unpaired) electrons. The first-order valence-corrected chi connectivity index (χ1v) is 3.55. The Bertz CT molecular complexity index is 225. The van der Waals surface area contributed by atoms with E-state index in [1.165, 1.54) is 0 Å². The van der Waals surface area contributed by atoms with Gasteiger partial charge in [-0.3, -0.25) is 4.79 Å². The van der Waals surface area contributed by atoms with Gasteiger partial charge in [-0.25, -0.2) is 0 Å². The lowest BCUT2D eigenvalue weighted by atomic mass is 10.2. The average Bonchev–Trinajstić information content (AvgIpc) is 2.07. The number of halogens is 1. The first kappa shape index (κ1) is 11.2. The van der Waals surface area contributed by atoms with E-state index in [0.717, 1.165) is 6.29 Å². The van der Waals surface area contributed by atoms with Gasteiger partial charge in [-0.2, -0.15) is 0 Å². The minimum atomic E-state index is -0.750. The Morgan fingerprint density at radius 2 is 1.67 bits per heavy atom. The fourth-order valence-electron chi connectivity index (χ4n) is 0.541. The Balaban J connectivity index is 0.000000354. The average molecular weight is 186 g/mol. The van der Waals surface area contributed by atoms with Crippen molar-refractivity contribution in [2.45, 2.75) is 0 Å². The van der Waals surface area contributed by atoms with Gasteiger partial charge in [0.15, 0.2) is 0 Å². The summed E-state index contributed by atoms with van der Waals surface area (Å²) in [4.78, 5) is 10.1. The van der Waals surface area contributed by atoms with E-state index in [1.807, 2.05) is 0 Å². The number of hydrogen-bond donors (Lipinski definition) is 2. The van der Waals surface area contributed by atoms with Crippen LogP contribution in [0.2, 0.25) is 5.02 Å². The van der Waals surface area contributed by atoms with Crippen molar-refractivity contribution in [2.24, 2.45) is 0 Å². The third kappa shape index (κ3) is 4.90. The number of carbonyl (C=O) groups is 1. The molecule has 0 aliphatic rings. The lowest BCUT2D eigenvalue weighted by molar-refractivity contribution is 0.112. The van der Waals surface area contributed by atoms with Gasteiger partial charge in [-0.15, -0.1) is 0 Å². The van der Waals surface area contributed by atoms with Crippen molar-refractivity contribution in [3.8, 4) is 0 Å². The highest BCUT2D eigenvalue weighted by atomic mass is 35.5. The van der Waals surface area contributed by atoms with Crippen LogP contribution >= 0.6 is 11.6 Å². The highest BCUT2D eigenvalue weighted by Crippen LogP contribution is 2.07. The second kappa shape index (κ2) is 6.85. The van der Waals surface area contributed by atoms with Crippen molar-refractivity contribution in [3.05, 3.63) is 34.9 Å². The summed E-state index contributed by atoms with van der Waals surface area (Å²) in [5, 5.41) is 14.9.